The van der Waals surface area contributed by atoms with Crippen molar-refractivity contribution >= 4 is 39.9 Å². The van der Waals surface area contributed by atoms with E-state index in [9.17, 15) is 4.79 Å². The lowest BCUT2D eigenvalue weighted by atomic mass is 10.1. The Labute approximate surface area is 127 Å². The molecule has 1 atom stereocenters. The van der Waals surface area contributed by atoms with E-state index in [-0.39, 0.29) is 24.4 Å². The van der Waals surface area contributed by atoms with Crippen LogP contribution in [0.4, 0.5) is 5.69 Å². The zero-order chi connectivity index (χ0) is 13.0. The van der Waals surface area contributed by atoms with Gasteiger partial charge >= 0.3 is 0 Å². The molecule has 19 heavy (non-hydrogen) atoms. The van der Waals surface area contributed by atoms with Crippen LogP contribution in [0.3, 0.4) is 0 Å². The molecule has 106 valence electrons. The molecular formula is C13H18BrClN2O2. The van der Waals surface area contributed by atoms with Crippen molar-refractivity contribution in [1.82, 2.24) is 5.32 Å². The Morgan fingerprint density at radius 2 is 2.37 bits per heavy atom. The van der Waals surface area contributed by atoms with Gasteiger partial charge in [-0.15, -0.1) is 12.4 Å². The summed E-state index contributed by atoms with van der Waals surface area (Å²) in [5.74, 6) is 0.0131. The van der Waals surface area contributed by atoms with Crippen molar-refractivity contribution in [3.63, 3.8) is 0 Å². The number of ether oxygens (including phenoxy) is 1. The third kappa shape index (κ3) is 4.76. The molecule has 2 N–H and O–H groups in total. The summed E-state index contributed by atoms with van der Waals surface area (Å²) in [5, 5.41) is 6.20. The summed E-state index contributed by atoms with van der Waals surface area (Å²) in [7, 11) is 0. The maximum Gasteiger partial charge on any atom is 0.226 e. The second-order valence-electron chi connectivity index (χ2n) is 4.39. The Morgan fingerprint density at radius 1 is 1.58 bits per heavy atom. The smallest absolute Gasteiger partial charge is 0.226 e. The minimum Gasteiger partial charge on any atom is -0.378 e. The summed E-state index contributed by atoms with van der Waals surface area (Å²) in [6.07, 6.45) is 0.436. The highest BCUT2D eigenvalue weighted by Crippen LogP contribution is 2.23. The Hall–Kier alpha value is -0.620. The fourth-order valence-electron chi connectivity index (χ4n) is 1.92. The molecule has 6 heteroatoms. The van der Waals surface area contributed by atoms with E-state index in [2.05, 4.69) is 26.6 Å². The zero-order valence-electron chi connectivity index (χ0n) is 10.7. The number of morpholine rings is 1. The number of nitrogens with one attached hydrogen (secondary N) is 2. The SMILES string of the molecule is Cc1c(Br)cccc1NC(=O)CC1COCCN1.Cl. The Kier molecular flexibility index (Phi) is 6.79. The van der Waals surface area contributed by atoms with Crippen LogP contribution in [-0.2, 0) is 9.53 Å². The largest absolute Gasteiger partial charge is 0.378 e. The molecule has 1 heterocycles. The molecule has 1 amide bonds. The van der Waals surface area contributed by atoms with Crippen LogP contribution in [0, 0.1) is 6.92 Å². The molecule has 0 aromatic heterocycles. The van der Waals surface area contributed by atoms with E-state index < -0.39 is 0 Å². The fourth-order valence-corrected chi connectivity index (χ4v) is 2.28. The summed E-state index contributed by atoms with van der Waals surface area (Å²) < 4.78 is 6.33. The van der Waals surface area contributed by atoms with E-state index in [0.717, 1.165) is 28.9 Å². The van der Waals surface area contributed by atoms with E-state index >= 15 is 0 Å². The quantitative estimate of drug-likeness (QED) is 0.881. The van der Waals surface area contributed by atoms with Crippen LogP contribution in [0.25, 0.3) is 0 Å². The molecule has 1 unspecified atom stereocenters. The minimum absolute atomic E-state index is 0. The van der Waals surface area contributed by atoms with Crippen molar-refractivity contribution in [1.29, 1.82) is 0 Å². The first-order valence-electron chi connectivity index (χ1n) is 6.03. The number of amides is 1. The molecule has 1 aromatic rings. The minimum atomic E-state index is 0. The Morgan fingerprint density at radius 3 is 3.05 bits per heavy atom. The number of carbonyl (C=O) groups excluding carboxylic acids is 1. The van der Waals surface area contributed by atoms with Gasteiger partial charge in [-0.3, -0.25) is 4.79 Å². The molecule has 2 rings (SSSR count). The molecule has 0 radical (unpaired) electrons. The molecule has 1 aromatic carbocycles. The highest BCUT2D eigenvalue weighted by molar-refractivity contribution is 9.10. The van der Waals surface area contributed by atoms with E-state index in [1.54, 1.807) is 0 Å². The van der Waals surface area contributed by atoms with Gasteiger partial charge in [0.25, 0.3) is 0 Å². The molecular weight excluding hydrogens is 332 g/mol. The molecule has 0 aliphatic carbocycles. The van der Waals surface area contributed by atoms with Crippen molar-refractivity contribution in [2.75, 3.05) is 25.1 Å². The van der Waals surface area contributed by atoms with Gasteiger partial charge in [0, 0.05) is 29.2 Å². The maximum atomic E-state index is 11.9. The van der Waals surface area contributed by atoms with E-state index in [4.69, 9.17) is 4.74 Å². The van der Waals surface area contributed by atoms with Gasteiger partial charge in [-0.1, -0.05) is 22.0 Å². The number of anilines is 1. The third-order valence-electron chi connectivity index (χ3n) is 2.97. The summed E-state index contributed by atoms with van der Waals surface area (Å²) in [6, 6.07) is 5.89. The van der Waals surface area contributed by atoms with Crippen molar-refractivity contribution in [2.45, 2.75) is 19.4 Å². The average Bonchev–Trinajstić information content (AvgIpc) is 2.36. The molecule has 0 spiro atoms. The van der Waals surface area contributed by atoms with Gasteiger partial charge in [-0.2, -0.15) is 0 Å². The number of hydrogen-bond donors (Lipinski definition) is 2. The Balaban J connectivity index is 0.00000180. The standard InChI is InChI=1S/C13H17BrN2O2.ClH/c1-9-11(14)3-2-4-12(9)16-13(17)7-10-8-18-6-5-15-10;/h2-4,10,15H,5-8H2,1H3,(H,16,17);1H. The van der Waals surface area contributed by atoms with Gasteiger partial charge in [0.1, 0.15) is 0 Å². The second-order valence-corrected chi connectivity index (χ2v) is 5.24. The van der Waals surface area contributed by atoms with Crippen LogP contribution in [0.5, 0.6) is 0 Å². The van der Waals surface area contributed by atoms with Gasteiger partial charge in [-0.25, -0.2) is 0 Å². The molecule has 4 nitrogen and oxygen atoms in total. The van der Waals surface area contributed by atoms with E-state index in [0.29, 0.717) is 13.0 Å². The maximum absolute atomic E-state index is 11.9. The number of carbonyl (C=O) groups is 1. The second kappa shape index (κ2) is 7.85. The van der Waals surface area contributed by atoms with Crippen LogP contribution < -0.4 is 10.6 Å². The lowest BCUT2D eigenvalue weighted by Gasteiger charge is -2.23. The van der Waals surface area contributed by atoms with Gasteiger partial charge in [-0.05, 0) is 24.6 Å². The summed E-state index contributed by atoms with van der Waals surface area (Å²) in [6.45, 7) is 4.11. The summed E-state index contributed by atoms with van der Waals surface area (Å²) >= 11 is 3.45. The lowest BCUT2D eigenvalue weighted by Crippen LogP contribution is -2.43. The van der Waals surface area contributed by atoms with Gasteiger partial charge in [0.15, 0.2) is 0 Å². The van der Waals surface area contributed by atoms with Crippen LogP contribution >= 0.6 is 28.3 Å². The predicted molar refractivity (Wildman–Crippen MR) is 82.0 cm³/mol. The fraction of sp³-hybridized carbons (Fsp3) is 0.462. The van der Waals surface area contributed by atoms with E-state index in [1.807, 2.05) is 25.1 Å². The average molecular weight is 350 g/mol. The number of rotatable bonds is 3. The highest BCUT2D eigenvalue weighted by Gasteiger charge is 2.17. The zero-order valence-corrected chi connectivity index (χ0v) is 13.1. The van der Waals surface area contributed by atoms with Gasteiger partial charge < -0.3 is 15.4 Å². The monoisotopic (exact) mass is 348 g/mol. The first-order chi connectivity index (χ1) is 8.66. The van der Waals surface area contributed by atoms with Crippen molar-refractivity contribution in [2.24, 2.45) is 0 Å². The predicted octanol–water partition coefficient (Wildman–Crippen LogP) is 2.50. The Bertz CT molecular complexity index is 437. The van der Waals surface area contributed by atoms with Gasteiger partial charge in [0.2, 0.25) is 5.91 Å². The van der Waals surface area contributed by atoms with Crippen LogP contribution in [0.2, 0.25) is 0 Å². The van der Waals surface area contributed by atoms with Gasteiger partial charge in [0.05, 0.1) is 13.2 Å². The van der Waals surface area contributed by atoms with Crippen molar-refractivity contribution in [3.05, 3.63) is 28.2 Å². The first kappa shape index (κ1) is 16.4. The van der Waals surface area contributed by atoms with Crippen LogP contribution in [0.1, 0.15) is 12.0 Å². The summed E-state index contributed by atoms with van der Waals surface area (Å²) in [4.78, 5) is 11.9. The normalized spacial score (nSPS) is 18.5. The molecule has 0 bridgehead atoms. The number of halogens is 2. The van der Waals surface area contributed by atoms with Crippen molar-refractivity contribution < 1.29 is 9.53 Å². The van der Waals surface area contributed by atoms with Crippen LogP contribution in [-0.4, -0.2) is 31.7 Å². The van der Waals surface area contributed by atoms with Crippen molar-refractivity contribution in [3.8, 4) is 0 Å². The number of benzene rings is 1. The summed E-state index contributed by atoms with van der Waals surface area (Å²) in [5.41, 5.74) is 1.89. The molecule has 1 saturated heterocycles. The first-order valence-corrected chi connectivity index (χ1v) is 6.82. The molecule has 1 aliphatic rings. The molecule has 0 saturated carbocycles. The highest BCUT2D eigenvalue weighted by atomic mass is 79.9. The molecule has 1 fully saturated rings. The lowest BCUT2D eigenvalue weighted by molar-refractivity contribution is -0.117. The van der Waals surface area contributed by atoms with E-state index in [1.165, 1.54) is 0 Å². The van der Waals surface area contributed by atoms with Crippen LogP contribution in [0.15, 0.2) is 22.7 Å². The topological polar surface area (TPSA) is 50.4 Å². The molecule has 1 aliphatic heterocycles. The number of hydrogen-bond acceptors (Lipinski definition) is 3. The third-order valence-corrected chi connectivity index (χ3v) is 3.83.